The number of oxime groups is 1. The highest BCUT2D eigenvalue weighted by molar-refractivity contribution is 5.84. The quantitative estimate of drug-likeness (QED) is 0.348. The molecule has 1 aliphatic heterocycles. The van der Waals surface area contributed by atoms with Crippen molar-refractivity contribution in [2.24, 2.45) is 16.8 Å². The van der Waals surface area contributed by atoms with Crippen molar-refractivity contribution in [1.82, 2.24) is 9.80 Å². The maximum Gasteiger partial charge on any atom is 0.225 e. The van der Waals surface area contributed by atoms with Crippen molar-refractivity contribution < 1.29 is 10.0 Å². The van der Waals surface area contributed by atoms with Gasteiger partial charge in [0.25, 0.3) is 0 Å². The highest BCUT2D eigenvalue weighted by Crippen LogP contribution is 2.25. The third-order valence-electron chi connectivity index (χ3n) is 4.67. The van der Waals surface area contributed by atoms with Gasteiger partial charge in [-0.25, -0.2) is 0 Å². The molecule has 2 aliphatic rings. The summed E-state index contributed by atoms with van der Waals surface area (Å²) in [5.41, 5.74) is 5.64. The van der Waals surface area contributed by atoms with Crippen molar-refractivity contribution in [3.63, 3.8) is 0 Å². The fourth-order valence-electron chi connectivity index (χ4n) is 3.21. The molecule has 3 N–H and O–H groups in total. The summed E-state index contributed by atoms with van der Waals surface area (Å²) in [6.07, 6.45) is 5.77. The van der Waals surface area contributed by atoms with Gasteiger partial charge in [0, 0.05) is 32.1 Å². The molecule has 20 heavy (non-hydrogen) atoms. The Bertz CT molecular complexity index is 358. The lowest BCUT2D eigenvalue weighted by atomic mass is 9.88. The second-order valence-corrected chi connectivity index (χ2v) is 5.90. The Balaban J connectivity index is 1.83. The molecule has 1 amide bonds. The fourth-order valence-corrected chi connectivity index (χ4v) is 3.21. The highest BCUT2D eigenvalue weighted by Gasteiger charge is 2.30. The Kier molecular flexibility index (Phi) is 5.23. The van der Waals surface area contributed by atoms with Gasteiger partial charge in [-0.2, -0.15) is 0 Å². The number of piperazine rings is 1. The minimum Gasteiger partial charge on any atom is -0.409 e. The molecule has 1 unspecified atom stereocenters. The number of hydrogen-bond acceptors (Lipinski definition) is 4. The molecule has 0 radical (unpaired) electrons. The van der Waals surface area contributed by atoms with Crippen molar-refractivity contribution in [2.75, 3.05) is 26.2 Å². The molecule has 0 spiro atoms. The Morgan fingerprint density at radius 2 is 1.80 bits per heavy atom. The number of hydrogen-bond donors (Lipinski definition) is 2. The molecule has 2 fully saturated rings. The standard InChI is InChI=1S/C14H26N4O2/c1-11(13(15)16-20)17-7-9-18(10-8-17)14(19)12-5-3-2-4-6-12/h11-12,20H,2-10H2,1H3,(H2,15,16). The van der Waals surface area contributed by atoms with Crippen LogP contribution in [0.2, 0.25) is 0 Å². The number of amidine groups is 1. The first-order valence-corrected chi connectivity index (χ1v) is 7.63. The van der Waals surface area contributed by atoms with Gasteiger partial charge >= 0.3 is 0 Å². The summed E-state index contributed by atoms with van der Waals surface area (Å²) in [5.74, 6) is 0.814. The molecule has 0 bridgehead atoms. The van der Waals surface area contributed by atoms with Crippen LogP contribution in [0.1, 0.15) is 39.0 Å². The van der Waals surface area contributed by atoms with Gasteiger partial charge in [0.15, 0.2) is 5.84 Å². The van der Waals surface area contributed by atoms with Crippen LogP contribution < -0.4 is 5.73 Å². The maximum absolute atomic E-state index is 12.4. The minimum atomic E-state index is -0.0769. The van der Waals surface area contributed by atoms with Gasteiger partial charge in [-0.05, 0) is 19.8 Å². The van der Waals surface area contributed by atoms with Crippen LogP contribution in [0.3, 0.4) is 0 Å². The largest absolute Gasteiger partial charge is 0.409 e. The lowest BCUT2D eigenvalue weighted by molar-refractivity contribution is -0.138. The third-order valence-corrected chi connectivity index (χ3v) is 4.67. The highest BCUT2D eigenvalue weighted by atomic mass is 16.4. The molecule has 1 atom stereocenters. The number of nitrogens with two attached hydrogens (primary N) is 1. The first-order chi connectivity index (χ1) is 9.63. The Labute approximate surface area is 120 Å². The maximum atomic E-state index is 12.4. The van der Waals surface area contributed by atoms with E-state index >= 15 is 0 Å². The zero-order chi connectivity index (χ0) is 14.5. The SMILES string of the molecule is CC(C(N)=NO)N1CCN(C(=O)C2CCCCC2)CC1. The van der Waals surface area contributed by atoms with E-state index in [2.05, 4.69) is 10.1 Å². The predicted molar refractivity (Wildman–Crippen MR) is 77.6 cm³/mol. The summed E-state index contributed by atoms with van der Waals surface area (Å²) in [5, 5.41) is 11.8. The van der Waals surface area contributed by atoms with E-state index in [0.29, 0.717) is 5.91 Å². The van der Waals surface area contributed by atoms with Crippen LogP contribution in [0.15, 0.2) is 5.16 Å². The van der Waals surface area contributed by atoms with Gasteiger partial charge < -0.3 is 15.8 Å². The Hall–Kier alpha value is -1.30. The molecule has 1 saturated carbocycles. The van der Waals surface area contributed by atoms with Gasteiger partial charge in [0.2, 0.25) is 5.91 Å². The van der Waals surface area contributed by atoms with Gasteiger partial charge in [-0.3, -0.25) is 9.69 Å². The van der Waals surface area contributed by atoms with Gasteiger partial charge in [-0.1, -0.05) is 24.4 Å². The molecular formula is C14H26N4O2. The first kappa shape index (κ1) is 15.1. The normalized spacial score (nSPS) is 24.6. The summed E-state index contributed by atoms with van der Waals surface area (Å²) in [6.45, 7) is 5.00. The lowest BCUT2D eigenvalue weighted by Gasteiger charge is -2.39. The van der Waals surface area contributed by atoms with Crippen LogP contribution in [-0.2, 0) is 4.79 Å². The van der Waals surface area contributed by atoms with Crippen LogP contribution in [-0.4, -0.2) is 59.0 Å². The van der Waals surface area contributed by atoms with Gasteiger partial charge in [0.05, 0.1) is 6.04 Å². The van der Waals surface area contributed by atoms with E-state index in [1.807, 2.05) is 11.8 Å². The summed E-state index contributed by atoms with van der Waals surface area (Å²) >= 11 is 0. The van der Waals surface area contributed by atoms with Crippen molar-refractivity contribution in [2.45, 2.75) is 45.1 Å². The molecule has 0 aromatic rings. The minimum absolute atomic E-state index is 0.0769. The number of carbonyl (C=O) groups is 1. The second-order valence-electron chi connectivity index (χ2n) is 5.90. The smallest absolute Gasteiger partial charge is 0.225 e. The predicted octanol–water partition coefficient (Wildman–Crippen LogP) is 0.846. The summed E-state index contributed by atoms with van der Waals surface area (Å²) in [7, 11) is 0. The number of carbonyl (C=O) groups excluding carboxylic acids is 1. The van der Waals surface area contributed by atoms with E-state index in [0.717, 1.165) is 39.0 Å². The molecule has 1 heterocycles. The number of rotatable bonds is 3. The average Bonchev–Trinajstić information content (AvgIpc) is 2.53. The van der Waals surface area contributed by atoms with E-state index in [4.69, 9.17) is 10.9 Å². The lowest BCUT2D eigenvalue weighted by Crippen LogP contribution is -2.55. The topological polar surface area (TPSA) is 82.2 Å². The third kappa shape index (κ3) is 3.42. The summed E-state index contributed by atoms with van der Waals surface area (Å²) in [4.78, 5) is 16.6. The van der Waals surface area contributed by atoms with E-state index in [1.165, 1.54) is 19.3 Å². The van der Waals surface area contributed by atoms with Crippen LogP contribution in [0.25, 0.3) is 0 Å². The molecular weight excluding hydrogens is 256 g/mol. The van der Waals surface area contributed by atoms with Crippen LogP contribution in [0.4, 0.5) is 0 Å². The molecule has 6 nitrogen and oxygen atoms in total. The fraction of sp³-hybridized carbons (Fsp3) is 0.857. The molecule has 2 rings (SSSR count). The van der Waals surface area contributed by atoms with E-state index < -0.39 is 0 Å². The summed E-state index contributed by atoms with van der Waals surface area (Å²) in [6, 6.07) is -0.0769. The zero-order valence-electron chi connectivity index (χ0n) is 12.3. The monoisotopic (exact) mass is 282 g/mol. The van der Waals surface area contributed by atoms with Crippen molar-refractivity contribution in [3.05, 3.63) is 0 Å². The zero-order valence-corrected chi connectivity index (χ0v) is 12.3. The van der Waals surface area contributed by atoms with Crippen LogP contribution in [0.5, 0.6) is 0 Å². The second kappa shape index (κ2) is 6.92. The van der Waals surface area contributed by atoms with Crippen molar-refractivity contribution in [3.8, 4) is 0 Å². The molecule has 1 aliphatic carbocycles. The van der Waals surface area contributed by atoms with E-state index in [1.54, 1.807) is 0 Å². The van der Waals surface area contributed by atoms with Crippen molar-refractivity contribution in [1.29, 1.82) is 0 Å². The molecule has 6 heteroatoms. The first-order valence-electron chi connectivity index (χ1n) is 7.63. The van der Waals surface area contributed by atoms with Gasteiger partial charge in [0.1, 0.15) is 0 Å². The Morgan fingerprint density at radius 1 is 1.20 bits per heavy atom. The summed E-state index contributed by atoms with van der Waals surface area (Å²) < 4.78 is 0. The molecule has 114 valence electrons. The van der Waals surface area contributed by atoms with Crippen molar-refractivity contribution >= 4 is 11.7 Å². The van der Waals surface area contributed by atoms with Crippen LogP contribution in [0, 0.1) is 5.92 Å². The average molecular weight is 282 g/mol. The molecule has 0 aromatic carbocycles. The Morgan fingerprint density at radius 3 is 2.35 bits per heavy atom. The molecule has 1 saturated heterocycles. The number of amides is 1. The van der Waals surface area contributed by atoms with Gasteiger partial charge in [-0.15, -0.1) is 0 Å². The van der Waals surface area contributed by atoms with E-state index in [-0.39, 0.29) is 17.8 Å². The number of nitrogens with zero attached hydrogens (tertiary/aromatic N) is 3. The molecule has 0 aromatic heterocycles. The van der Waals surface area contributed by atoms with Crippen LogP contribution >= 0.6 is 0 Å². The van der Waals surface area contributed by atoms with E-state index in [9.17, 15) is 4.79 Å².